The fraction of sp³-hybridized carbons (Fsp3) is 0.800. The Morgan fingerprint density at radius 2 is 2.11 bits per heavy atom. The van der Waals surface area contributed by atoms with Crippen molar-refractivity contribution in [2.75, 3.05) is 11.4 Å². The predicted molar refractivity (Wildman–Crippen MR) is 83.9 cm³/mol. The molecule has 0 bridgehead atoms. The largest absolute Gasteiger partial charge is 0.345 e. The first kappa shape index (κ1) is 14.8. The Bertz CT molecular complexity index is 382. The van der Waals surface area contributed by atoms with Gasteiger partial charge in [-0.3, -0.25) is 0 Å². The first-order valence-corrected chi connectivity index (χ1v) is 8.32. The zero-order chi connectivity index (χ0) is 13.8. The van der Waals surface area contributed by atoms with Crippen LogP contribution in [-0.2, 0) is 6.54 Å². The van der Waals surface area contributed by atoms with E-state index in [-0.39, 0.29) is 0 Å². The number of rotatable bonds is 8. The Hall–Kier alpha value is -0.610. The second-order valence-electron chi connectivity index (χ2n) is 6.25. The molecular formula is C15H27N3S. The Morgan fingerprint density at radius 3 is 2.68 bits per heavy atom. The molecule has 0 aromatic carbocycles. The van der Waals surface area contributed by atoms with Gasteiger partial charge >= 0.3 is 0 Å². The molecule has 108 valence electrons. The van der Waals surface area contributed by atoms with Crippen LogP contribution in [0, 0.1) is 5.92 Å². The zero-order valence-electron chi connectivity index (χ0n) is 12.6. The smallest absolute Gasteiger partial charge is 0.185 e. The van der Waals surface area contributed by atoms with Gasteiger partial charge in [0.2, 0.25) is 0 Å². The summed E-state index contributed by atoms with van der Waals surface area (Å²) in [6, 6.07) is 1.29. The number of anilines is 1. The number of hydrogen-bond donors (Lipinski definition) is 1. The topological polar surface area (TPSA) is 28.2 Å². The Labute approximate surface area is 121 Å². The first-order chi connectivity index (χ1) is 9.06. The lowest BCUT2D eigenvalue weighted by molar-refractivity contribution is 0.570. The van der Waals surface area contributed by atoms with Crippen molar-refractivity contribution in [1.82, 2.24) is 10.3 Å². The lowest BCUT2D eigenvalue weighted by Gasteiger charge is -2.22. The minimum Gasteiger partial charge on any atom is -0.345 e. The molecule has 1 aromatic heterocycles. The molecule has 0 saturated heterocycles. The summed E-state index contributed by atoms with van der Waals surface area (Å²) in [4.78, 5) is 8.52. The van der Waals surface area contributed by atoms with Gasteiger partial charge < -0.3 is 10.2 Å². The summed E-state index contributed by atoms with van der Waals surface area (Å²) in [7, 11) is 0. The third-order valence-electron chi connectivity index (χ3n) is 3.41. The van der Waals surface area contributed by atoms with Crippen LogP contribution >= 0.6 is 11.3 Å². The van der Waals surface area contributed by atoms with Crippen LogP contribution in [0.3, 0.4) is 0 Å². The highest BCUT2D eigenvalue weighted by Crippen LogP contribution is 2.34. The van der Waals surface area contributed by atoms with Crippen LogP contribution in [0.15, 0.2) is 6.20 Å². The van der Waals surface area contributed by atoms with Gasteiger partial charge in [-0.05, 0) is 25.2 Å². The second kappa shape index (κ2) is 6.71. The molecule has 0 atom stereocenters. The van der Waals surface area contributed by atoms with E-state index >= 15 is 0 Å². The van der Waals surface area contributed by atoms with Crippen molar-refractivity contribution in [2.24, 2.45) is 5.92 Å². The molecule has 0 unspecified atom stereocenters. The highest BCUT2D eigenvalue weighted by Gasteiger charge is 2.30. The lowest BCUT2D eigenvalue weighted by Crippen LogP contribution is -2.27. The van der Waals surface area contributed by atoms with Crippen molar-refractivity contribution in [3.63, 3.8) is 0 Å². The molecule has 0 aliphatic heterocycles. The maximum atomic E-state index is 4.64. The molecule has 0 spiro atoms. The van der Waals surface area contributed by atoms with Gasteiger partial charge in [-0.2, -0.15) is 0 Å². The van der Waals surface area contributed by atoms with E-state index in [0.29, 0.717) is 6.04 Å². The van der Waals surface area contributed by atoms with Gasteiger partial charge in [0.15, 0.2) is 5.13 Å². The molecule has 1 heterocycles. The van der Waals surface area contributed by atoms with Crippen LogP contribution in [0.1, 0.15) is 51.8 Å². The summed E-state index contributed by atoms with van der Waals surface area (Å²) in [5.74, 6) is 0.767. The maximum Gasteiger partial charge on any atom is 0.185 e. The molecule has 1 aliphatic rings. The normalized spacial score (nSPS) is 15.5. The zero-order valence-corrected chi connectivity index (χ0v) is 13.5. The van der Waals surface area contributed by atoms with E-state index in [4.69, 9.17) is 0 Å². The van der Waals surface area contributed by atoms with E-state index in [1.807, 2.05) is 17.5 Å². The molecule has 2 rings (SSSR count). The van der Waals surface area contributed by atoms with Crippen molar-refractivity contribution in [3.05, 3.63) is 11.1 Å². The summed E-state index contributed by atoms with van der Waals surface area (Å²) in [5, 5.41) is 4.69. The SMILES string of the molecule is CC(C)CCN(c1ncc(CNC(C)C)s1)C1CC1. The Kier molecular flexibility index (Phi) is 5.22. The number of thiazole rings is 1. The monoisotopic (exact) mass is 281 g/mol. The predicted octanol–water partition coefficient (Wildman–Crippen LogP) is 3.66. The van der Waals surface area contributed by atoms with Crippen LogP contribution in [0.25, 0.3) is 0 Å². The second-order valence-corrected chi connectivity index (χ2v) is 7.35. The van der Waals surface area contributed by atoms with E-state index in [0.717, 1.165) is 25.0 Å². The van der Waals surface area contributed by atoms with Gasteiger partial charge in [-0.1, -0.05) is 27.7 Å². The van der Waals surface area contributed by atoms with Crippen LogP contribution in [0.5, 0.6) is 0 Å². The van der Waals surface area contributed by atoms with E-state index in [1.165, 1.54) is 29.3 Å². The molecule has 1 N–H and O–H groups in total. The average Bonchev–Trinajstić information content (AvgIpc) is 3.05. The molecule has 3 nitrogen and oxygen atoms in total. The quantitative estimate of drug-likeness (QED) is 0.788. The van der Waals surface area contributed by atoms with Gasteiger partial charge in [0.25, 0.3) is 0 Å². The Morgan fingerprint density at radius 1 is 1.37 bits per heavy atom. The van der Waals surface area contributed by atoms with Crippen LogP contribution < -0.4 is 10.2 Å². The number of aromatic nitrogens is 1. The van der Waals surface area contributed by atoms with E-state index in [1.54, 1.807) is 0 Å². The minimum atomic E-state index is 0.533. The molecule has 4 heteroatoms. The summed E-state index contributed by atoms with van der Waals surface area (Å²) in [6.07, 6.45) is 5.99. The van der Waals surface area contributed by atoms with E-state index in [2.05, 4.69) is 42.9 Å². The van der Waals surface area contributed by atoms with Gasteiger partial charge in [-0.25, -0.2) is 4.98 Å². The van der Waals surface area contributed by atoms with E-state index in [9.17, 15) is 0 Å². The molecule has 1 aromatic rings. The standard InChI is InChI=1S/C15H27N3S/c1-11(2)7-8-18(13-5-6-13)15-17-10-14(19-15)9-16-12(3)4/h10-13,16H,5-9H2,1-4H3. The van der Waals surface area contributed by atoms with Crippen molar-refractivity contribution >= 4 is 16.5 Å². The maximum absolute atomic E-state index is 4.64. The number of nitrogens with zero attached hydrogens (tertiary/aromatic N) is 2. The summed E-state index contributed by atoms with van der Waals surface area (Å²) in [5.41, 5.74) is 0. The van der Waals surface area contributed by atoms with Crippen molar-refractivity contribution < 1.29 is 0 Å². The van der Waals surface area contributed by atoms with E-state index < -0.39 is 0 Å². The third-order valence-corrected chi connectivity index (χ3v) is 4.44. The van der Waals surface area contributed by atoms with Crippen LogP contribution in [-0.4, -0.2) is 23.6 Å². The van der Waals surface area contributed by atoms with Crippen molar-refractivity contribution in [1.29, 1.82) is 0 Å². The number of hydrogen-bond acceptors (Lipinski definition) is 4. The summed E-state index contributed by atoms with van der Waals surface area (Å²) in [6.45, 7) is 11.1. The van der Waals surface area contributed by atoms with Gasteiger partial charge in [-0.15, -0.1) is 11.3 Å². The minimum absolute atomic E-state index is 0.533. The molecule has 19 heavy (non-hydrogen) atoms. The molecule has 1 aliphatic carbocycles. The Balaban J connectivity index is 1.93. The highest BCUT2D eigenvalue weighted by molar-refractivity contribution is 7.15. The van der Waals surface area contributed by atoms with Gasteiger partial charge in [0, 0.05) is 36.2 Å². The van der Waals surface area contributed by atoms with Crippen molar-refractivity contribution in [2.45, 2.75) is 65.6 Å². The summed E-state index contributed by atoms with van der Waals surface area (Å²) < 4.78 is 0. The average molecular weight is 281 g/mol. The third kappa shape index (κ3) is 4.77. The van der Waals surface area contributed by atoms with Gasteiger partial charge in [0.1, 0.15) is 0 Å². The molecule has 1 fully saturated rings. The highest BCUT2D eigenvalue weighted by atomic mass is 32.1. The molecule has 0 radical (unpaired) electrons. The fourth-order valence-corrected chi connectivity index (χ4v) is 2.99. The number of nitrogens with one attached hydrogen (secondary N) is 1. The van der Waals surface area contributed by atoms with Crippen molar-refractivity contribution in [3.8, 4) is 0 Å². The fourth-order valence-electron chi connectivity index (χ4n) is 2.03. The molecule has 0 amide bonds. The van der Waals surface area contributed by atoms with Crippen LogP contribution in [0.2, 0.25) is 0 Å². The molecular weight excluding hydrogens is 254 g/mol. The first-order valence-electron chi connectivity index (χ1n) is 7.51. The van der Waals surface area contributed by atoms with Gasteiger partial charge in [0.05, 0.1) is 0 Å². The summed E-state index contributed by atoms with van der Waals surface area (Å²) >= 11 is 1.86. The molecule has 1 saturated carbocycles. The van der Waals surface area contributed by atoms with Crippen LogP contribution in [0.4, 0.5) is 5.13 Å². The lowest BCUT2D eigenvalue weighted by atomic mass is 10.1.